The van der Waals surface area contributed by atoms with E-state index in [1.165, 1.54) is 5.56 Å². The van der Waals surface area contributed by atoms with E-state index in [-0.39, 0.29) is 6.04 Å². The number of hydrogen-bond acceptors (Lipinski definition) is 4. The predicted octanol–water partition coefficient (Wildman–Crippen LogP) is 2.20. The molecule has 0 aliphatic rings. The van der Waals surface area contributed by atoms with Crippen molar-refractivity contribution >= 4 is 10.9 Å². The number of hydrogen-bond donors (Lipinski definition) is 2. The standard InChI is InChI=1S/C16H19N5/c1-2-21-11-12(10-19-21)9-16(20-17)14-5-3-7-15-13(14)6-4-8-18-15/h3-8,10-11,16,20H,2,9,17H2,1H3. The van der Waals surface area contributed by atoms with Gasteiger partial charge >= 0.3 is 0 Å². The summed E-state index contributed by atoms with van der Waals surface area (Å²) in [6.07, 6.45) is 6.57. The van der Waals surface area contributed by atoms with Crippen LogP contribution in [0.1, 0.15) is 24.1 Å². The van der Waals surface area contributed by atoms with E-state index in [2.05, 4.69) is 40.8 Å². The molecule has 0 saturated carbocycles. The molecule has 0 fully saturated rings. The number of nitrogens with two attached hydrogens (primary N) is 1. The van der Waals surface area contributed by atoms with E-state index in [0.717, 1.165) is 29.4 Å². The van der Waals surface area contributed by atoms with Gasteiger partial charge in [0.1, 0.15) is 0 Å². The van der Waals surface area contributed by atoms with E-state index in [1.807, 2.05) is 35.3 Å². The molecule has 0 aliphatic carbocycles. The zero-order chi connectivity index (χ0) is 14.7. The van der Waals surface area contributed by atoms with Crippen LogP contribution < -0.4 is 11.3 Å². The summed E-state index contributed by atoms with van der Waals surface area (Å²) in [6, 6.07) is 10.2. The Morgan fingerprint density at radius 2 is 2.19 bits per heavy atom. The third-order valence-corrected chi connectivity index (χ3v) is 3.71. The van der Waals surface area contributed by atoms with Crippen molar-refractivity contribution in [2.45, 2.75) is 25.9 Å². The van der Waals surface area contributed by atoms with E-state index in [1.54, 1.807) is 0 Å². The van der Waals surface area contributed by atoms with Crippen molar-refractivity contribution in [3.63, 3.8) is 0 Å². The number of aromatic nitrogens is 3. The summed E-state index contributed by atoms with van der Waals surface area (Å²) >= 11 is 0. The zero-order valence-electron chi connectivity index (χ0n) is 12.0. The second-order valence-corrected chi connectivity index (χ2v) is 5.04. The van der Waals surface area contributed by atoms with E-state index < -0.39 is 0 Å². The molecule has 2 aromatic heterocycles. The third-order valence-electron chi connectivity index (χ3n) is 3.71. The molecular weight excluding hydrogens is 262 g/mol. The first-order chi connectivity index (χ1) is 10.3. The molecule has 3 rings (SSSR count). The average Bonchev–Trinajstić information content (AvgIpc) is 3.00. The van der Waals surface area contributed by atoms with Gasteiger partial charge in [0.15, 0.2) is 0 Å². The van der Waals surface area contributed by atoms with Gasteiger partial charge in [-0.05, 0) is 36.6 Å². The molecule has 5 nitrogen and oxygen atoms in total. The van der Waals surface area contributed by atoms with E-state index in [0.29, 0.717) is 0 Å². The van der Waals surface area contributed by atoms with Gasteiger partial charge in [0, 0.05) is 24.3 Å². The Balaban J connectivity index is 1.94. The Kier molecular flexibility index (Phi) is 3.94. The van der Waals surface area contributed by atoms with Gasteiger partial charge in [0.05, 0.1) is 17.8 Å². The maximum absolute atomic E-state index is 5.79. The Bertz CT molecular complexity index is 729. The summed E-state index contributed by atoms with van der Waals surface area (Å²) in [5.74, 6) is 5.79. The van der Waals surface area contributed by atoms with Crippen LogP contribution in [0, 0.1) is 0 Å². The summed E-state index contributed by atoms with van der Waals surface area (Å²) in [5.41, 5.74) is 6.23. The molecule has 0 bridgehead atoms. The van der Waals surface area contributed by atoms with E-state index in [4.69, 9.17) is 5.84 Å². The van der Waals surface area contributed by atoms with Gasteiger partial charge in [-0.2, -0.15) is 5.10 Å². The first-order valence-electron chi connectivity index (χ1n) is 7.13. The third kappa shape index (κ3) is 2.79. The van der Waals surface area contributed by atoms with Crippen molar-refractivity contribution in [3.8, 4) is 0 Å². The van der Waals surface area contributed by atoms with Crippen molar-refractivity contribution < 1.29 is 0 Å². The summed E-state index contributed by atoms with van der Waals surface area (Å²) in [4.78, 5) is 4.40. The molecule has 2 heterocycles. The van der Waals surface area contributed by atoms with E-state index in [9.17, 15) is 0 Å². The molecule has 108 valence electrons. The highest BCUT2D eigenvalue weighted by Crippen LogP contribution is 2.25. The number of pyridine rings is 1. The lowest BCUT2D eigenvalue weighted by Crippen LogP contribution is -2.29. The molecule has 0 radical (unpaired) electrons. The van der Waals surface area contributed by atoms with Gasteiger partial charge < -0.3 is 0 Å². The molecule has 1 atom stereocenters. The average molecular weight is 281 g/mol. The van der Waals surface area contributed by atoms with E-state index >= 15 is 0 Å². The molecule has 5 heteroatoms. The van der Waals surface area contributed by atoms with Crippen molar-refractivity contribution in [2.75, 3.05) is 0 Å². The lowest BCUT2D eigenvalue weighted by Gasteiger charge is -2.17. The SMILES string of the molecule is CCn1cc(CC(NN)c2cccc3ncccc23)cn1. The fourth-order valence-electron chi connectivity index (χ4n) is 2.61. The Morgan fingerprint density at radius 3 is 2.95 bits per heavy atom. The highest BCUT2D eigenvalue weighted by molar-refractivity contribution is 5.82. The summed E-state index contributed by atoms with van der Waals surface area (Å²) in [6.45, 7) is 2.95. The smallest absolute Gasteiger partial charge is 0.0705 e. The Morgan fingerprint density at radius 1 is 1.29 bits per heavy atom. The Hall–Kier alpha value is -2.24. The molecule has 3 N–H and O–H groups in total. The van der Waals surface area contributed by atoms with Gasteiger partial charge in [-0.25, -0.2) is 0 Å². The highest BCUT2D eigenvalue weighted by Gasteiger charge is 2.14. The molecule has 1 aromatic carbocycles. The molecular formula is C16H19N5. The minimum absolute atomic E-state index is 0.0346. The largest absolute Gasteiger partial charge is 0.273 e. The van der Waals surface area contributed by atoms with Crippen LogP contribution in [0.5, 0.6) is 0 Å². The first kappa shape index (κ1) is 13.7. The monoisotopic (exact) mass is 281 g/mol. The number of rotatable bonds is 5. The number of nitrogens with zero attached hydrogens (tertiary/aromatic N) is 3. The Labute approximate surface area is 123 Å². The first-order valence-corrected chi connectivity index (χ1v) is 7.13. The van der Waals surface area contributed by atoms with Crippen LogP contribution in [0.15, 0.2) is 48.9 Å². The summed E-state index contributed by atoms with van der Waals surface area (Å²) < 4.78 is 1.92. The fourth-order valence-corrected chi connectivity index (χ4v) is 2.61. The van der Waals surface area contributed by atoms with Crippen LogP contribution in [0.2, 0.25) is 0 Å². The number of benzene rings is 1. The van der Waals surface area contributed by atoms with Gasteiger partial charge in [0.2, 0.25) is 0 Å². The zero-order valence-corrected chi connectivity index (χ0v) is 12.0. The van der Waals surface area contributed by atoms with Crippen LogP contribution in [-0.4, -0.2) is 14.8 Å². The molecule has 1 unspecified atom stereocenters. The van der Waals surface area contributed by atoms with Gasteiger partial charge in [0.25, 0.3) is 0 Å². The summed E-state index contributed by atoms with van der Waals surface area (Å²) in [7, 11) is 0. The quantitative estimate of drug-likeness (QED) is 0.555. The van der Waals surface area contributed by atoms with Crippen molar-refractivity contribution in [1.29, 1.82) is 0 Å². The molecule has 0 amide bonds. The molecule has 0 spiro atoms. The predicted molar refractivity (Wildman–Crippen MR) is 83.4 cm³/mol. The van der Waals surface area contributed by atoms with Crippen molar-refractivity contribution in [2.24, 2.45) is 5.84 Å². The minimum atomic E-state index is 0.0346. The maximum Gasteiger partial charge on any atom is 0.0705 e. The number of nitrogens with one attached hydrogen (secondary N) is 1. The normalized spacial score (nSPS) is 12.7. The van der Waals surface area contributed by atoms with Crippen LogP contribution in [0.25, 0.3) is 10.9 Å². The maximum atomic E-state index is 5.79. The highest BCUT2D eigenvalue weighted by atomic mass is 15.3. The van der Waals surface area contributed by atoms with Gasteiger partial charge in [-0.15, -0.1) is 0 Å². The van der Waals surface area contributed by atoms with Gasteiger partial charge in [-0.3, -0.25) is 20.9 Å². The number of fused-ring (bicyclic) bond motifs is 1. The van der Waals surface area contributed by atoms with Gasteiger partial charge in [-0.1, -0.05) is 18.2 Å². The fraction of sp³-hybridized carbons (Fsp3) is 0.250. The molecule has 21 heavy (non-hydrogen) atoms. The topological polar surface area (TPSA) is 68.8 Å². The molecule has 0 saturated heterocycles. The van der Waals surface area contributed by atoms with Crippen LogP contribution in [-0.2, 0) is 13.0 Å². The number of hydrazine groups is 1. The molecule has 3 aromatic rings. The summed E-state index contributed by atoms with van der Waals surface area (Å²) in [5, 5.41) is 5.44. The van der Waals surface area contributed by atoms with Crippen LogP contribution >= 0.6 is 0 Å². The second-order valence-electron chi connectivity index (χ2n) is 5.04. The van der Waals surface area contributed by atoms with Crippen LogP contribution in [0.4, 0.5) is 0 Å². The van der Waals surface area contributed by atoms with Crippen molar-refractivity contribution in [3.05, 3.63) is 60.0 Å². The van der Waals surface area contributed by atoms with Crippen LogP contribution in [0.3, 0.4) is 0 Å². The minimum Gasteiger partial charge on any atom is -0.273 e. The molecule has 0 aliphatic heterocycles. The number of aryl methyl sites for hydroxylation is 1. The lowest BCUT2D eigenvalue weighted by atomic mass is 9.97. The van der Waals surface area contributed by atoms with Crippen molar-refractivity contribution in [1.82, 2.24) is 20.2 Å². The lowest BCUT2D eigenvalue weighted by molar-refractivity contribution is 0.555. The second kappa shape index (κ2) is 6.03.